The zero-order valence-corrected chi connectivity index (χ0v) is 10.6. The lowest BCUT2D eigenvalue weighted by atomic mass is 9.93. The van der Waals surface area contributed by atoms with Crippen molar-refractivity contribution in [1.82, 2.24) is 0 Å². The highest BCUT2D eigenvalue weighted by Crippen LogP contribution is 2.27. The van der Waals surface area contributed by atoms with E-state index in [-0.39, 0.29) is 10.8 Å². The monoisotopic (exact) mass is 257 g/mol. The largest absolute Gasteiger partial charge is 0.381 e. The SMILES string of the molecule is COC1CCC(Nc2cccc(Cl)c2F)CC1. The molecule has 0 heterocycles. The Morgan fingerprint density at radius 1 is 1.29 bits per heavy atom. The second-order valence-corrected chi connectivity index (χ2v) is 4.86. The molecule has 0 spiro atoms. The Bertz CT molecular complexity index is 378. The van der Waals surface area contributed by atoms with Crippen molar-refractivity contribution < 1.29 is 9.13 Å². The zero-order valence-electron chi connectivity index (χ0n) is 9.88. The van der Waals surface area contributed by atoms with Gasteiger partial charge in [0.05, 0.1) is 16.8 Å². The van der Waals surface area contributed by atoms with Crippen molar-refractivity contribution in [2.75, 3.05) is 12.4 Å². The minimum atomic E-state index is -0.358. The van der Waals surface area contributed by atoms with E-state index in [1.54, 1.807) is 25.3 Å². The van der Waals surface area contributed by atoms with E-state index in [1.807, 2.05) is 0 Å². The fraction of sp³-hybridized carbons (Fsp3) is 0.538. The summed E-state index contributed by atoms with van der Waals surface area (Å²) in [5, 5.41) is 3.39. The van der Waals surface area contributed by atoms with Gasteiger partial charge in [-0.05, 0) is 37.8 Å². The lowest BCUT2D eigenvalue weighted by Crippen LogP contribution is -2.29. The molecule has 1 N–H and O–H groups in total. The Balaban J connectivity index is 1.95. The second kappa shape index (κ2) is 5.69. The molecule has 0 atom stereocenters. The van der Waals surface area contributed by atoms with Crippen molar-refractivity contribution in [3.63, 3.8) is 0 Å². The van der Waals surface area contributed by atoms with Crippen LogP contribution in [0.5, 0.6) is 0 Å². The summed E-state index contributed by atoms with van der Waals surface area (Å²) in [6.45, 7) is 0. The van der Waals surface area contributed by atoms with Crippen LogP contribution in [0.3, 0.4) is 0 Å². The Morgan fingerprint density at radius 2 is 2.00 bits per heavy atom. The first-order valence-electron chi connectivity index (χ1n) is 5.94. The Morgan fingerprint density at radius 3 is 2.65 bits per heavy atom. The van der Waals surface area contributed by atoms with Crippen LogP contribution in [0.15, 0.2) is 18.2 Å². The molecule has 1 saturated carbocycles. The van der Waals surface area contributed by atoms with Gasteiger partial charge in [-0.25, -0.2) is 4.39 Å². The topological polar surface area (TPSA) is 21.3 Å². The van der Waals surface area contributed by atoms with E-state index in [2.05, 4.69) is 5.32 Å². The first-order valence-corrected chi connectivity index (χ1v) is 6.32. The van der Waals surface area contributed by atoms with Crippen molar-refractivity contribution in [3.8, 4) is 0 Å². The number of ether oxygens (including phenoxy) is 1. The Hall–Kier alpha value is -0.800. The van der Waals surface area contributed by atoms with Gasteiger partial charge in [0.2, 0.25) is 0 Å². The first-order chi connectivity index (χ1) is 8.20. The fourth-order valence-corrected chi connectivity index (χ4v) is 2.45. The molecule has 17 heavy (non-hydrogen) atoms. The van der Waals surface area contributed by atoms with E-state index in [0.29, 0.717) is 17.8 Å². The molecule has 0 unspecified atom stereocenters. The molecule has 1 aliphatic rings. The second-order valence-electron chi connectivity index (χ2n) is 4.46. The highest BCUT2D eigenvalue weighted by molar-refractivity contribution is 6.31. The van der Waals surface area contributed by atoms with Gasteiger partial charge in [0.1, 0.15) is 0 Å². The van der Waals surface area contributed by atoms with E-state index in [0.717, 1.165) is 25.7 Å². The van der Waals surface area contributed by atoms with E-state index in [1.165, 1.54) is 0 Å². The predicted octanol–water partition coefficient (Wildman–Crippen LogP) is 3.85. The molecule has 1 aliphatic carbocycles. The summed E-state index contributed by atoms with van der Waals surface area (Å²) >= 11 is 5.74. The summed E-state index contributed by atoms with van der Waals surface area (Å²) in [5.74, 6) is -0.358. The molecule has 0 bridgehead atoms. The van der Waals surface area contributed by atoms with Crippen LogP contribution in [0.2, 0.25) is 5.02 Å². The number of nitrogens with one attached hydrogen (secondary N) is 1. The molecule has 1 aromatic carbocycles. The Labute approximate surface area is 106 Å². The lowest BCUT2D eigenvalue weighted by Gasteiger charge is -2.29. The molecule has 1 aromatic rings. The number of halogens is 2. The van der Waals surface area contributed by atoms with Crippen LogP contribution in [0, 0.1) is 5.82 Å². The van der Waals surface area contributed by atoms with E-state index in [4.69, 9.17) is 16.3 Å². The molecule has 0 aliphatic heterocycles. The Kier molecular flexibility index (Phi) is 4.24. The molecule has 94 valence electrons. The lowest BCUT2D eigenvalue weighted by molar-refractivity contribution is 0.0681. The van der Waals surface area contributed by atoms with Gasteiger partial charge in [-0.3, -0.25) is 0 Å². The maximum absolute atomic E-state index is 13.7. The molecule has 4 heteroatoms. The van der Waals surface area contributed by atoms with Crippen molar-refractivity contribution in [3.05, 3.63) is 29.0 Å². The van der Waals surface area contributed by atoms with Gasteiger partial charge in [-0.15, -0.1) is 0 Å². The smallest absolute Gasteiger partial charge is 0.164 e. The number of methoxy groups -OCH3 is 1. The van der Waals surface area contributed by atoms with Crippen LogP contribution in [0.4, 0.5) is 10.1 Å². The molecular formula is C13H17ClFNO. The number of rotatable bonds is 3. The number of anilines is 1. The molecule has 2 nitrogen and oxygen atoms in total. The molecule has 0 saturated heterocycles. The highest BCUT2D eigenvalue weighted by Gasteiger charge is 2.21. The minimum Gasteiger partial charge on any atom is -0.381 e. The molecule has 1 fully saturated rings. The fourth-order valence-electron chi connectivity index (χ4n) is 2.28. The van der Waals surface area contributed by atoms with Crippen LogP contribution < -0.4 is 5.32 Å². The summed E-state index contributed by atoms with van der Waals surface area (Å²) in [4.78, 5) is 0. The van der Waals surface area contributed by atoms with Crippen LogP contribution in [0.25, 0.3) is 0 Å². The standard InChI is InChI=1S/C13H17ClFNO/c1-17-10-7-5-9(6-8-10)16-12-4-2-3-11(14)13(12)15/h2-4,9-10,16H,5-8H2,1H3. The van der Waals surface area contributed by atoms with Gasteiger partial charge in [0.15, 0.2) is 5.82 Å². The number of benzene rings is 1. The highest BCUT2D eigenvalue weighted by atomic mass is 35.5. The molecule has 0 aromatic heterocycles. The zero-order chi connectivity index (χ0) is 12.3. The molecule has 0 radical (unpaired) electrons. The average molecular weight is 258 g/mol. The van der Waals surface area contributed by atoms with Gasteiger partial charge >= 0.3 is 0 Å². The normalized spacial score (nSPS) is 24.6. The molecular weight excluding hydrogens is 241 g/mol. The summed E-state index contributed by atoms with van der Waals surface area (Å²) in [5.41, 5.74) is 0.498. The van der Waals surface area contributed by atoms with Gasteiger partial charge < -0.3 is 10.1 Å². The summed E-state index contributed by atoms with van der Waals surface area (Å²) in [7, 11) is 1.75. The maximum Gasteiger partial charge on any atom is 0.164 e. The van der Waals surface area contributed by atoms with Crippen LogP contribution in [0.1, 0.15) is 25.7 Å². The summed E-state index contributed by atoms with van der Waals surface area (Å²) < 4.78 is 19.0. The summed E-state index contributed by atoms with van der Waals surface area (Å²) in [6.07, 6.45) is 4.42. The summed E-state index contributed by atoms with van der Waals surface area (Å²) in [6, 6.07) is 5.36. The van der Waals surface area contributed by atoms with Crippen LogP contribution in [-0.4, -0.2) is 19.3 Å². The van der Waals surface area contributed by atoms with Crippen LogP contribution in [-0.2, 0) is 4.74 Å². The van der Waals surface area contributed by atoms with E-state index < -0.39 is 0 Å². The first kappa shape index (κ1) is 12.7. The van der Waals surface area contributed by atoms with Crippen molar-refractivity contribution in [2.24, 2.45) is 0 Å². The third-order valence-corrected chi connectivity index (χ3v) is 3.61. The molecule has 2 rings (SSSR count). The van der Waals surface area contributed by atoms with Gasteiger partial charge in [-0.1, -0.05) is 17.7 Å². The third-order valence-electron chi connectivity index (χ3n) is 3.32. The van der Waals surface area contributed by atoms with Gasteiger partial charge in [0, 0.05) is 13.2 Å². The van der Waals surface area contributed by atoms with Gasteiger partial charge in [-0.2, -0.15) is 0 Å². The van der Waals surface area contributed by atoms with Crippen molar-refractivity contribution >= 4 is 17.3 Å². The van der Waals surface area contributed by atoms with Crippen molar-refractivity contribution in [1.29, 1.82) is 0 Å². The number of hydrogen-bond acceptors (Lipinski definition) is 2. The van der Waals surface area contributed by atoms with Crippen LogP contribution >= 0.6 is 11.6 Å². The van der Waals surface area contributed by atoms with E-state index in [9.17, 15) is 4.39 Å². The van der Waals surface area contributed by atoms with E-state index >= 15 is 0 Å². The molecule has 0 amide bonds. The third kappa shape index (κ3) is 3.11. The number of hydrogen-bond donors (Lipinski definition) is 1. The average Bonchev–Trinajstić information content (AvgIpc) is 2.36. The minimum absolute atomic E-state index is 0.167. The van der Waals surface area contributed by atoms with Crippen molar-refractivity contribution in [2.45, 2.75) is 37.8 Å². The maximum atomic E-state index is 13.7. The van der Waals surface area contributed by atoms with Gasteiger partial charge in [0.25, 0.3) is 0 Å². The predicted molar refractivity (Wildman–Crippen MR) is 68.1 cm³/mol. The quantitative estimate of drug-likeness (QED) is 0.888.